The van der Waals surface area contributed by atoms with Gasteiger partial charge >= 0.3 is 0 Å². The van der Waals surface area contributed by atoms with Crippen LogP contribution in [0, 0.1) is 0 Å². The molecule has 19 heavy (non-hydrogen) atoms. The largest absolute Gasteiger partial charge is 0.507 e. The lowest BCUT2D eigenvalue weighted by atomic mass is 9.80. The molecule has 0 bridgehead atoms. The van der Waals surface area contributed by atoms with Crippen molar-refractivity contribution in [3.63, 3.8) is 0 Å². The Hall–Kier alpha value is -1.54. The van der Waals surface area contributed by atoms with Crippen LogP contribution >= 0.6 is 0 Å². The smallest absolute Gasteiger partial charge is 0.123 e. The molecule has 2 aromatic rings. The van der Waals surface area contributed by atoms with Gasteiger partial charge in [0.15, 0.2) is 0 Å². The van der Waals surface area contributed by atoms with Gasteiger partial charge in [-0.1, -0.05) is 43.5 Å². The van der Waals surface area contributed by atoms with E-state index in [1.54, 1.807) is 6.07 Å². The van der Waals surface area contributed by atoms with Crippen molar-refractivity contribution in [2.75, 3.05) is 0 Å². The summed E-state index contributed by atoms with van der Waals surface area (Å²) in [5, 5.41) is 12.2. The third kappa shape index (κ3) is 2.21. The van der Waals surface area contributed by atoms with E-state index < -0.39 is 0 Å². The standard InChI is InChI=1S/C17H21NO/c18-11-13-9-10-14-15(7-4-8-16(14)19)17(13)12-5-2-1-3-6-12/h4,7-10,12,19H,1-3,5-6,11,18H2. The van der Waals surface area contributed by atoms with E-state index >= 15 is 0 Å². The number of fused-ring (bicyclic) bond motifs is 1. The summed E-state index contributed by atoms with van der Waals surface area (Å²) < 4.78 is 0. The number of hydrogen-bond donors (Lipinski definition) is 2. The van der Waals surface area contributed by atoms with Gasteiger partial charge in [0, 0.05) is 11.9 Å². The van der Waals surface area contributed by atoms with Crippen molar-refractivity contribution in [2.45, 2.75) is 44.6 Å². The molecule has 0 radical (unpaired) electrons. The molecule has 0 amide bonds. The van der Waals surface area contributed by atoms with Crippen LogP contribution < -0.4 is 5.73 Å². The first-order chi connectivity index (χ1) is 9.31. The minimum Gasteiger partial charge on any atom is -0.507 e. The molecule has 0 spiro atoms. The summed E-state index contributed by atoms with van der Waals surface area (Å²) in [6, 6.07) is 9.91. The highest BCUT2D eigenvalue weighted by Gasteiger charge is 2.20. The molecule has 2 aromatic carbocycles. The highest BCUT2D eigenvalue weighted by molar-refractivity contribution is 5.92. The molecule has 100 valence electrons. The van der Waals surface area contributed by atoms with Crippen molar-refractivity contribution in [1.29, 1.82) is 0 Å². The van der Waals surface area contributed by atoms with Crippen LogP contribution in [0.15, 0.2) is 30.3 Å². The van der Waals surface area contributed by atoms with E-state index in [4.69, 9.17) is 5.73 Å². The van der Waals surface area contributed by atoms with Gasteiger partial charge in [0.1, 0.15) is 5.75 Å². The van der Waals surface area contributed by atoms with Gasteiger partial charge in [-0.15, -0.1) is 0 Å². The third-order valence-corrected chi connectivity index (χ3v) is 4.40. The first-order valence-electron chi connectivity index (χ1n) is 7.25. The van der Waals surface area contributed by atoms with Crippen LogP contribution in [0.3, 0.4) is 0 Å². The Morgan fingerprint density at radius 1 is 1.00 bits per heavy atom. The third-order valence-electron chi connectivity index (χ3n) is 4.40. The average Bonchev–Trinajstić information content (AvgIpc) is 2.47. The van der Waals surface area contributed by atoms with Gasteiger partial charge in [0.2, 0.25) is 0 Å². The summed E-state index contributed by atoms with van der Waals surface area (Å²) in [7, 11) is 0. The zero-order valence-electron chi connectivity index (χ0n) is 11.2. The molecule has 0 unspecified atom stereocenters. The Balaban J connectivity index is 2.20. The molecule has 0 heterocycles. The van der Waals surface area contributed by atoms with E-state index in [9.17, 15) is 5.11 Å². The number of phenols is 1. The van der Waals surface area contributed by atoms with Crippen LogP contribution in [0.5, 0.6) is 5.75 Å². The molecule has 1 saturated carbocycles. The molecule has 3 rings (SSSR count). The zero-order chi connectivity index (χ0) is 13.2. The van der Waals surface area contributed by atoms with E-state index in [2.05, 4.69) is 12.1 Å². The van der Waals surface area contributed by atoms with E-state index in [0.29, 0.717) is 18.2 Å². The van der Waals surface area contributed by atoms with Crippen molar-refractivity contribution in [2.24, 2.45) is 5.73 Å². The minimum atomic E-state index is 0.373. The maximum Gasteiger partial charge on any atom is 0.123 e. The monoisotopic (exact) mass is 255 g/mol. The van der Waals surface area contributed by atoms with Gasteiger partial charge < -0.3 is 10.8 Å². The van der Waals surface area contributed by atoms with Crippen LogP contribution in [0.2, 0.25) is 0 Å². The van der Waals surface area contributed by atoms with Crippen LogP contribution in [0.25, 0.3) is 10.8 Å². The van der Waals surface area contributed by atoms with Crippen LogP contribution in [-0.2, 0) is 6.54 Å². The van der Waals surface area contributed by atoms with E-state index in [1.807, 2.05) is 12.1 Å². The number of phenolic OH excluding ortho intramolecular Hbond substituents is 1. The highest BCUT2D eigenvalue weighted by atomic mass is 16.3. The SMILES string of the molecule is NCc1ccc2c(O)cccc2c1C1CCCCC1. The first-order valence-corrected chi connectivity index (χ1v) is 7.25. The van der Waals surface area contributed by atoms with Crippen molar-refractivity contribution in [3.05, 3.63) is 41.5 Å². The summed E-state index contributed by atoms with van der Waals surface area (Å²) in [6.45, 7) is 0.581. The zero-order valence-corrected chi connectivity index (χ0v) is 11.2. The maximum absolute atomic E-state index is 10.0. The van der Waals surface area contributed by atoms with Gasteiger partial charge in [-0.3, -0.25) is 0 Å². The molecule has 2 nitrogen and oxygen atoms in total. The molecule has 3 N–H and O–H groups in total. The summed E-state index contributed by atoms with van der Waals surface area (Å²) in [4.78, 5) is 0. The van der Waals surface area contributed by atoms with E-state index in [-0.39, 0.29) is 0 Å². The molecular weight excluding hydrogens is 234 g/mol. The van der Waals surface area contributed by atoms with Gasteiger partial charge in [0.05, 0.1) is 0 Å². The van der Waals surface area contributed by atoms with Gasteiger partial charge in [-0.25, -0.2) is 0 Å². The normalized spacial score (nSPS) is 16.9. The average molecular weight is 255 g/mol. The predicted molar refractivity (Wildman–Crippen MR) is 79.3 cm³/mol. The second-order valence-corrected chi connectivity index (χ2v) is 5.55. The Morgan fingerprint density at radius 2 is 1.79 bits per heavy atom. The molecule has 1 aliphatic rings. The first kappa shape index (κ1) is 12.5. The van der Waals surface area contributed by atoms with E-state index in [0.717, 1.165) is 5.39 Å². The van der Waals surface area contributed by atoms with Gasteiger partial charge in [-0.05, 0) is 41.3 Å². The van der Waals surface area contributed by atoms with Gasteiger partial charge in [0.25, 0.3) is 0 Å². The second kappa shape index (κ2) is 5.22. The lowest BCUT2D eigenvalue weighted by Crippen LogP contribution is -2.10. The summed E-state index contributed by atoms with van der Waals surface area (Å²) >= 11 is 0. The molecule has 0 atom stereocenters. The number of rotatable bonds is 2. The molecular formula is C17H21NO. The fourth-order valence-corrected chi connectivity index (χ4v) is 3.46. The predicted octanol–water partition coefficient (Wildman–Crippen LogP) is 4.05. The van der Waals surface area contributed by atoms with Crippen LogP contribution in [0.1, 0.15) is 49.1 Å². The van der Waals surface area contributed by atoms with Crippen LogP contribution in [0.4, 0.5) is 0 Å². The number of aromatic hydroxyl groups is 1. The molecule has 1 fully saturated rings. The van der Waals surface area contributed by atoms with Crippen molar-refractivity contribution >= 4 is 10.8 Å². The molecule has 2 heteroatoms. The van der Waals surface area contributed by atoms with Crippen LogP contribution in [-0.4, -0.2) is 5.11 Å². The summed E-state index contributed by atoms with van der Waals surface area (Å²) in [5.74, 6) is 0.982. The maximum atomic E-state index is 10.0. The minimum absolute atomic E-state index is 0.373. The second-order valence-electron chi connectivity index (χ2n) is 5.55. The molecule has 0 aliphatic heterocycles. The Morgan fingerprint density at radius 3 is 2.53 bits per heavy atom. The fraction of sp³-hybridized carbons (Fsp3) is 0.412. The lowest BCUT2D eigenvalue weighted by molar-refractivity contribution is 0.443. The van der Waals surface area contributed by atoms with Crippen molar-refractivity contribution < 1.29 is 5.11 Å². The quantitative estimate of drug-likeness (QED) is 0.850. The molecule has 0 aromatic heterocycles. The van der Waals surface area contributed by atoms with Crippen molar-refractivity contribution in [3.8, 4) is 5.75 Å². The number of nitrogens with two attached hydrogens (primary N) is 1. The topological polar surface area (TPSA) is 46.2 Å². The summed E-state index contributed by atoms with van der Waals surface area (Å²) in [6.07, 6.45) is 6.47. The fourth-order valence-electron chi connectivity index (χ4n) is 3.46. The Labute approximate surface area is 114 Å². The Bertz CT molecular complexity index is 585. The Kier molecular flexibility index (Phi) is 3.43. The van der Waals surface area contributed by atoms with Crippen molar-refractivity contribution in [1.82, 2.24) is 0 Å². The molecule has 1 aliphatic carbocycles. The molecule has 0 saturated heterocycles. The summed E-state index contributed by atoms with van der Waals surface area (Å²) in [5.41, 5.74) is 8.55. The number of hydrogen-bond acceptors (Lipinski definition) is 2. The van der Waals surface area contributed by atoms with Gasteiger partial charge in [-0.2, -0.15) is 0 Å². The lowest BCUT2D eigenvalue weighted by Gasteiger charge is -2.26. The van der Waals surface area contributed by atoms with E-state index in [1.165, 1.54) is 48.6 Å². The number of benzene rings is 2. The highest BCUT2D eigenvalue weighted by Crippen LogP contribution is 2.40.